The molecule has 0 spiro atoms. The number of piperidine rings is 1. The Morgan fingerprint density at radius 1 is 0.930 bits per heavy atom. The zero-order chi connectivity index (χ0) is 30.9. The van der Waals surface area contributed by atoms with Gasteiger partial charge in [-0.2, -0.15) is 0 Å². The molecule has 1 aromatic rings. The molecule has 0 aromatic heterocycles. The SMILES string of the molecule is COc1cccc(CN2CC[C@H]3CC(=O)NCC[C@@H](O)C[C@@H](O)CC(=O)N[C@H]4C[C@@H](C(=O)NCC[C@H]3C2)N(C(C)C)C4)c1. The first-order valence-electron chi connectivity index (χ1n) is 15.9. The summed E-state index contributed by atoms with van der Waals surface area (Å²) in [6, 6.07) is 7.69. The number of likely N-dealkylation sites (tertiary alicyclic amines) is 2. The summed E-state index contributed by atoms with van der Waals surface area (Å²) in [5.74, 6) is 0.868. The Labute approximate surface area is 255 Å². The summed E-state index contributed by atoms with van der Waals surface area (Å²) in [5.41, 5.74) is 1.18. The van der Waals surface area contributed by atoms with Gasteiger partial charge in [-0.3, -0.25) is 24.2 Å². The fourth-order valence-electron chi connectivity index (χ4n) is 6.92. The first-order valence-corrected chi connectivity index (χ1v) is 15.9. The van der Waals surface area contributed by atoms with Gasteiger partial charge < -0.3 is 30.9 Å². The van der Waals surface area contributed by atoms with E-state index in [4.69, 9.17) is 4.74 Å². The third kappa shape index (κ3) is 9.89. The summed E-state index contributed by atoms with van der Waals surface area (Å²) >= 11 is 0. The number of carbonyl (C=O) groups is 3. The van der Waals surface area contributed by atoms with Crippen LogP contribution in [0.3, 0.4) is 0 Å². The third-order valence-corrected chi connectivity index (χ3v) is 9.21. The van der Waals surface area contributed by atoms with Gasteiger partial charge in [-0.05, 0) is 82.0 Å². The van der Waals surface area contributed by atoms with Gasteiger partial charge in [0.05, 0.1) is 31.8 Å². The lowest BCUT2D eigenvalue weighted by molar-refractivity contribution is -0.127. The smallest absolute Gasteiger partial charge is 0.237 e. The van der Waals surface area contributed by atoms with Crippen molar-refractivity contribution in [3.63, 3.8) is 0 Å². The number of hydrogen-bond acceptors (Lipinski definition) is 8. The van der Waals surface area contributed by atoms with Crippen LogP contribution in [0.5, 0.6) is 5.75 Å². The van der Waals surface area contributed by atoms with Crippen molar-refractivity contribution in [2.45, 2.75) is 95.7 Å². The number of aliphatic hydroxyl groups excluding tert-OH is 2. The largest absolute Gasteiger partial charge is 0.497 e. The second-order valence-corrected chi connectivity index (χ2v) is 12.9. The maximum atomic E-state index is 13.4. The van der Waals surface area contributed by atoms with Crippen molar-refractivity contribution in [3.8, 4) is 5.75 Å². The molecule has 2 bridgehead atoms. The zero-order valence-corrected chi connectivity index (χ0v) is 26.0. The molecular weight excluding hydrogens is 550 g/mol. The van der Waals surface area contributed by atoms with Crippen LogP contribution in [0.2, 0.25) is 0 Å². The van der Waals surface area contributed by atoms with Crippen molar-refractivity contribution in [1.82, 2.24) is 25.8 Å². The number of methoxy groups -OCH3 is 1. The van der Waals surface area contributed by atoms with Gasteiger partial charge in [0.2, 0.25) is 17.7 Å². The molecule has 0 aliphatic carbocycles. The Morgan fingerprint density at radius 2 is 1.72 bits per heavy atom. The van der Waals surface area contributed by atoms with E-state index in [1.807, 2.05) is 26.0 Å². The van der Waals surface area contributed by atoms with E-state index in [1.165, 1.54) is 5.56 Å². The van der Waals surface area contributed by atoms with Gasteiger partial charge in [0.25, 0.3) is 0 Å². The van der Waals surface area contributed by atoms with E-state index >= 15 is 0 Å². The summed E-state index contributed by atoms with van der Waals surface area (Å²) < 4.78 is 5.40. The zero-order valence-electron chi connectivity index (χ0n) is 26.0. The predicted octanol–water partition coefficient (Wildman–Crippen LogP) is 1.02. The molecule has 3 amide bonds. The molecule has 3 saturated heterocycles. The van der Waals surface area contributed by atoms with Gasteiger partial charge in [-0.15, -0.1) is 0 Å². The van der Waals surface area contributed by atoms with Crippen molar-refractivity contribution >= 4 is 17.7 Å². The van der Waals surface area contributed by atoms with Crippen molar-refractivity contribution in [1.29, 1.82) is 0 Å². The fourth-order valence-corrected chi connectivity index (χ4v) is 6.92. The fraction of sp³-hybridized carbons (Fsp3) is 0.719. The van der Waals surface area contributed by atoms with Crippen LogP contribution < -0.4 is 20.7 Å². The molecule has 11 heteroatoms. The maximum absolute atomic E-state index is 13.4. The van der Waals surface area contributed by atoms with Crippen molar-refractivity contribution < 1.29 is 29.3 Å². The number of amides is 3. The number of ether oxygens (including phenoxy) is 1. The molecule has 0 unspecified atom stereocenters. The minimum atomic E-state index is -0.985. The standard InChI is InChI=1S/C32H51N5O6/c1-21(2)37-20-25-15-29(37)32(42)34-10-7-24-19-36(18-22-5-4-6-28(13-22)43-3)12-9-23(24)14-30(40)33-11-8-26(38)16-27(39)17-31(41)35-25/h4-6,13,21,23-27,29,38-39H,7-12,14-20H2,1-3H3,(H,33,40)(H,34,42)(H,35,41)/t23-,24-,25-,26+,27+,29-/m0/s1. The monoisotopic (exact) mass is 601 g/mol. The number of hydrogen-bond donors (Lipinski definition) is 5. The summed E-state index contributed by atoms with van der Waals surface area (Å²) in [6.07, 6.45) is 1.01. The van der Waals surface area contributed by atoms with E-state index in [0.29, 0.717) is 38.9 Å². The average Bonchev–Trinajstić information content (AvgIpc) is 3.38. The minimum Gasteiger partial charge on any atom is -0.497 e. The van der Waals surface area contributed by atoms with Crippen LogP contribution in [0.25, 0.3) is 0 Å². The molecule has 43 heavy (non-hydrogen) atoms. The summed E-state index contributed by atoms with van der Waals surface area (Å²) in [4.78, 5) is 43.5. The molecule has 0 radical (unpaired) electrons. The number of carbonyl (C=O) groups excluding carboxylic acids is 3. The Kier molecular flexibility index (Phi) is 12.2. The Balaban J connectivity index is 1.45. The first-order chi connectivity index (χ1) is 20.6. The highest BCUT2D eigenvalue weighted by Gasteiger charge is 2.39. The molecule has 11 nitrogen and oxygen atoms in total. The molecule has 3 heterocycles. The highest BCUT2D eigenvalue weighted by atomic mass is 16.5. The molecule has 3 aliphatic rings. The van der Waals surface area contributed by atoms with Gasteiger partial charge in [-0.1, -0.05) is 12.1 Å². The van der Waals surface area contributed by atoms with E-state index in [-0.39, 0.29) is 60.5 Å². The summed E-state index contributed by atoms with van der Waals surface area (Å²) in [5, 5.41) is 29.9. The number of fused-ring (bicyclic) bond motifs is 3. The van der Waals surface area contributed by atoms with Gasteiger partial charge in [-0.25, -0.2) is 0 Å². The minimum absolute atomic E-state index is 0.0404. The molecule has 6 atom stereocenters. The molecule has 5 N–H and O–H groups in total. The average molecular weight is 602 g/mol. The molecule has 3 fully saturated rings. The van der Waals surface area contributed by atoms with Gasteiger partial charge in [0.1, 0.15) is 5.75 Å². The molecule has 1 aromatic carbocycles. The number of aliphatic hydroxyl groups is 2. The topological polar surface area (TPSA) is 143 Å². The van der Waals surface area contributed by atoms with Crippen LogP contribution in [-0.4, -0.2) is 108 Å². The Hall–Kier alpha value is -2.73. The normalized spacial score (nSPS) is 31.1. The van der Waals surface area contributed by atoms with Crippen LogP contribution in [0.1, 0.15) is 64.4 Å². The third-order valence-electron chi connectivity index (χ3n) is 9.21. The molecule has 240 valence electrons. The lowest BCUT2D eigenvalue weighted by Crippen LogP contribution is -2.47. The summed E-state index contributed by atoms with van der Waals surface area (Å²) in [6.45, 7) is 8.00. The van der Waals surface area contributed by atoms with Crippen molar-refractivity contribution in [2.24, 2.45) is 11.8 Å². The number of rotatable bonds is 4. The number of nitrogens with one attached hydrogen (secondary N) is 3. The van der Waals surface area contributed by atoms with Crippen LogP contribution in [-0.2, 0) is 20.9 Å². The van der Waals surface area contributed by atoms with E-state index in [1.54, 1.807) is 7.11 Å². The van der Waals surface area contributed by atoms with Crippen LogP contribution in [0.15, 0.2) is 24.3 Å². The first kappa shape index (κ1) is 33.2. The lowest BCUT2D eigenvalue weighted by atomic mass is 9.80. The van der Waals surface area contributed by atoms with E-state index in [2.05, 4.69) is 37.9 Å². The van der Waals surface area contributed by atoms with Crippen LogP contribution >= 0.6 is 0 Å². The quantitative estimate of drug-likeness (QED) is 0.344. The number of benzene rings is 1. The highest BCUT2D eigenvalue weighted by Crippen LogP contribution is 2.30. The van der Waals surface area contributed by atoms with Crippen LogP contribution in [0.4, 0.5) is 0 Å². The van der Waals surface area contributed by atoms with E-state index in [9.17, 15) is 24.6 Å². The predicted molar refractivity (Wildman–Crippen MR) is 163 cm³/mol. The Bertz CT molecular complexity index is 1090. The van der Waals surface area contributed by atoms with Crippen molar-refractivity contribution in [3.05, 3.63) is 29.8 Å². The number of nitrogens with zero attached hydrogens (tertiary/aromatic N) is 2. The van der Waals surface area contributed by atoms with Gasteiger partial charge in [0.15, 0.2) is 0 Å². The maximum Gasteiger partial charge on any atom is 0.237 e. The second-order valence-electron chi connectivity index (χ2n) is 12.9. The molecule has 4 rings (SSSR count). The van der Waals surface area contributed by atoms with Crippen molar-refractivity contribution in [2.75, 3.05) is 39.8 Å². The van der Waals surface area contributed by atoms with Gasteiger partial charge in [0, 0.05) is 51.2 Å². The highest BCUT2D eigenvalue weighted by molar-refractivity contribution is 5.83. The lowest BCUT2D eigenvalue weighted by Gasteiger charge is -2.39. The van der Waals surface area contributed by atoms with Gasteiger partial charge >= 0.3 is 0 Å². The molecular formula is C32H51N5O6. The second kappa shape index (κ2) is 15.8. The van der Waals surface area contributed by atoms with E-state index < -0.39 is 12.2 Å². The molecule has 0 saturated carbocycles. The summed E-state index contributed by atoms with van der Waals surface area (Å²) in [7, 11) is 1.67. The molecule has 3 aliphatic heterocycles. The Morgan fingerprint density at radius 3 is 2.49 bits per heavy atom. The van der Waals surface area contributed by atoms with Crippen LogP contribution in [0, 0.1) is 11.8 Å². The van der Waals surface area contributed by atoms with E-state index in [0.717, 1.165) is 38.2 Å².